The number of hydrogen-bond acceptors (Lipinski definition) is 6. The van der Waals surface area contributed by atoms with Crippen LogP contribution in [-0.2, 0) is 11.3 Å². The molecule has 192 valence electrons. The fourth-order valence-electron chi connectivity index (χ4n) is 3.94. The average Bonchev–Trinajstić information content (AvgIpc) is 2.90. The number of benzene rings is 2. The highest BCUT2D eigenvalue weighted by atomic mass is 16.6. The Morgan fingerprint density at radius 1 is 1.14 bits per heavy atom. The standard InChI is InChI=1S/C29H35NO6/c1-5-6-24(22-11-12-26-28(16-22)36-14-13-35-26)20(3)19(2)7-8-21-9-10-23(27(15-21)34-4)17-30-25(18-31)29(32)33/h6-12,15-16,25,30-31H,5,13-14,17-18H2,1-4H3,(H,32,33)/b8-7+,20-19+,24-6+/t25-/m0/s1. The van der Waals surface area contributed by atoms with Crippen molar-refractivity contribution >= 4 is 17.6 Å². The van der Waals surface area contributed by atoms with Crippen molar-refractivity contribution in [1.29, 1.82) is 0 Å². The van der Waals surface area contributed by atoms with Crippen molar-refractivity contribution in [2.75, 3.05) is 26.9 Å². The lowest BCUT2D eigenvalue weighted by Gasteiger charge is -2.20. The van der Waals surface area contributed by atoms with Gasteiger partial charge < -0.3 is 24.4 Å². The molecule has 0 bridgehead atoms. The van der Waals surface area contributed by atoms with Gasteiger partial charge in [-0.15, -0.1) is 0 Å². The van der Waals surface area contributed by atoms with Crippen LogP contribution in [0.1, 0.15) is 43.9 Å². The highest BCUT2D eigenvalue weighted by Crippen LogP contribution is 2.36. The zero-order valence-electron chi connectivity index (χ0n) is 21.3. The molecule has 0 spiro atoms. The molecule has 1 aliphatic rings. The van der Waals surface area contributed by atoms with Crippen LogP contribution in [0, 0.1) is 0 Å². The summed E-state index contributed by atoms with van der Waals surface area (Å²) in [7, 11) is 1.58. The van der Waals surface area contributed by atoms with E-state index in [-0.39, 0.29) is 6.54 Å². The Kier molecular flexibility index (Phi) is 9.73. The van der Waals surface area contributed by atoms with Crippen molar-refractivity contribution in [3.63, 3.8) is 0 Å². The lowest BCUT2D eigenvalue weighted by Crippen LogP contribution is -2.39. The molecule has 1 atom stereocenters. The van der Waals surface area contributed by atoms with Crippen LogP contribution in [0.5, 0.6) is 17.2 Å². The minimum atomic E-state index is -1.10. The maximum Gasteiger partial charge on any atom is 0.323 e. The van der Waals surface area contributed by atoms with Crippen LogP contribution in [0.3, 0.4) is 0 Å². The zero-order chi connectivity index (χ0) is 26.1. The van der Waals surface area contributed by atoms with E-state index < -0.39 is 18.6 Å². The normalized spacial score (nSPS) is 15.0. The first-order valence-electron chi connectivity index (χ1n) is 12.1. The van der Waals surface area contributed by atoms with Gasteiger partial charge in [0.15, 0.2) is 11.5 Å². The molecule has 0 fully saturated rings. The average molecular weight is 494 g/mol. The van der Waals surface area contributed by atoms with E-state index in [1.165, 1.54) is 5.57 Å². The molecule has 0 aliphatic carbocycles. The van der Waals surface area contributed by atoms with Crippen molar-refractivity contribution in [2.45, 2.75) is 39.8 Å². The molecule has 0 radical (unpaired) electrons. The minimum Gasteiger partial charge on any atom is -0.496 e. The molecule has 7 nitrogen and oxygen atoms in total. The van der Waals surface area contributed by atoms with Crippen LogP contribution in [0.4, 0.5) is 0 Å². The molecule has 0 aromatic heterocycles. The number of carboxylic acid groups (broad SMARTS) is 1. The molecule has 2 aromatic rings. The van der Waals surface area contributed by atoms with Crippen molar-refractivity contribution in [1.82, 2.24) is 5.32 Å². The quantitative estimate of drug-likeness (QED) is 0.385. The Labute approximate surface area is 212 Å². The first-order valence-corrected chi connectivity index (χ1v) is 12.1. The van der Waals surface area contributed by atoms with Crippen LogP contribution in [0.2, 0.25) is 0 Å². The van der Waals surface area contributed by atoms with Gasteiger partial charge in [-0.3, -0.25) is 10.1 Å². The number of hydrogen-bond donors (Lipinski definition) is 3. The smallest absolute Gasteiger partial charge is 0.323 e. The number of methoxy groups -OCH3 is 1. The molecule has 7 heteroatoms. The molecule has 0 saturated carbocycles. The van der Waals surface area contributed by atoms with Gasteiger partial charge in [-0.05, 0) is 66.3 Å². The molecular formula is C29H35NO6. The second-order valence-corrected chi connectivity index (χ2v) is 8.55. The molecule has 0 saturated heterocycles. The van der Waals surface area contributed by atoms with Gasteiger partial charge in [0.05, 0.1) is 13.7 Å². The Morgan fingerprint density at radius 2 is 1.89 bits per heavy atom. The molecule has 1 heterocycles. The van der Waals surface area contributed by atoms with Crippen LogP contribution < -0.4 is 19.5 Å². The van der Waals surface area contributed by atoms with E-state index in [0.717, 1.165) is 45.8 Å². The van der Waals surface area contributed by atoms with Gasteiger partial charge in [0.1, 0.15) is 25.0 Å². The number of aliphatic hydroxyl groups is 1. The zero-order valence-corrected chi connectivity index (χ0v) is 21.3. The number of fused-ring (bicyclic) bond motifs is 1. The largest absolute Gasteiger partial charge is 0.496 e. The van der Waals surface area contributed by atoms with E-state index in [4.69, 9.17) is 19.3 Å². The Bertz CT molecular complexity index is 1160. The van der Waals surface area contributed by atoms with Gasteiger partial charge in [0.2, 0.25) is 0 Å². The summed E-state index contributed by atoms with van der Waals surface area (Å²) in [5.74, 6) is 1.10. The summed E-state index contributed by atoms with van der Waals surface area (Å²) in [4.78, 5) is 11.1. The third-order valence-corrected chi connectivity index (χ3v) is 6.11. The van der Waals surface area contributed by atoms with E-state index >= 15 is 0 Å². The van der Waals surface area contributed by atoms with E-state index in [1.807, 2.05) is 36.4 Å². The summed E-state index contributed by atoms with van der Waals surface area (Å²) in [6.07, 6.45) is 7.24. The second kappa shape index (κ2) is 13.0. The van der Waals surface area contributed by atoms with Crippen molar-refractivity contribution in [3.8, 4) is 17.2 Å². The number of ether oxygens (including phenoxy) is 3. The summed E-state index contributed by atoms with van der Waals surface area (Å²) < 4.78 is 17.0. The Balaban J connectivity index is 1.80. The summed E-state index contributed by atoms with van der Waals surface area (Å²) >= 11 is 0. The first kappa shape index (κ1) is 27.0. The second-order valence-electron chi connectivity index (χ2n) is 8.55. The summed E-state index contributed by atoms with van der Waals surface area (Å²) in [6, 6.07) is 10.8. The van der Waals surface area contributed by atoms with Crippen LogP contribution >= 0.6 is 0 Å². The lowest BCUT2D eigenvalue weighted by molar-refractivity contribution is -0.140. The van der Waals surface area contributed by atoms with Gasteiger partial charge in [-0.2, -0.15) is 0 Å². The molecule has 3 rings (SSSR count). The molecule has 2 aromatic carbocycles. The Morgan fingerprint density at radius 3 is 2.56 bits per heavy atom. The molecule has 0 unspecified atom stereocenters. The Hall–Kier alpha value is -3.55. The van der Waals surface area contributed by atoms with E-state index in [0.29, 0.717) is 19.0 Å². The number of nitrogens with one attached hydrogen (secondary N) is 1. The fraction of sp³-hybridized carbons (Fsp3) is 0.345. The van der Waals surface area contributed by atoms with Crippen molar-refractivity contribution in [2.24, 2.45) is 0 Å². The minimum absolute atomic E-state index is 0.267. The molecule has 0 amide bonds. The SMILES string of the molecule is CC\C=C(/C(C)=C(C)/C=C/c1ccc(CN[C@@H](CO)C(=O)O)c(OC)c1)c1ccc2c(c1)OCCO2. The fourth-order valence-corrected chi connectivity index (χ4v) is 3.94. The molecular weight excluding hydrogens is 458 g/mol. The number of aliphatic hydroxyl groups excluding tert-OH is 1. The number of carboxylic acids is 1. The van der Waals surface area contributed by atoms with E-state index in [9.17, 15) is 9.90 Å². The maximum absolute atomic E-state index is 11.1. The summed E-state index contributed by atoms with van der Waals surface area (Å²) in [5, 5.41) is 21.1. The topological polar surface area (TPSA) is 97.3 Å². The third-order valence-electron chi connectivity index (χ3n) is 6.11. The van der Waals surface area contributed by atoms with Gasteiger partial charge in [-0.1, -0.05) is 43.4 Å². The number of allylic oxidation sites excluding steroid dienone is 5. The predicted molar refractivity (Wildman–Crippen MR) is 141 cm³/mol. The van der Waals surface area contributed by atoms with Crippen molar-refractivity contribution < 1.29 is 29.2 Å². The van der Waals surface area contributed by atoms with Gasteiger partial charge >= 0.3 is 5.97 Å². The van der Waals surface area contributed by atoms with E-state index in [2.05, 4.69) is 44.3 Å². The summed E-state index contributed by atoms with van der Waals surface area (Å²) in [6.45, 7) is 7.24. The van der Waals surface area contributed by atoms with Gasteiger partial charge in [0, 0.05) is 12.1 Å². The van der Waals surface area contributed by atoms with Crippen LogP contribution in [0.25, 0.3) is 11.6 Å². The monoisotopic (exact) mass is 493 g/mol. The van der Waals surface area contributed by atoms with Crippen molar-refractivity contribution in [3.05, 3.63) is 76.4 Å². The predicted octanol–water partition coefficient (Wildman–Crippen LogP) is 4.84. The van der Waals surface area contributed by atoms with Crippen LogP contribution in [0.15, 0.2) is 59.7 Å². The highest BCUT2D eigenvalue weighted by Gasteiger charge is 2.16. The number of rotatable bonds is 11. The first-order chi connectivity index (χ1) is 17.4. The maximum atomic E-state index is 11.1. The number of aliphatic carboxylic acids is 1. The number of carbonyl (C=O) groups is 1. The molecule has 1 aliphatic heterocycles. The van der Waals surface area contributed by atoms with Gasteiger partial charge in [0.25, 0.3) is 0 Å². The van der Waals surface area contributed by atoms with Crippen LogP contribution in [-0.4, -0.2) is 49.2 Å². The lowest BCUT2D eigenvalue weighted by atomic mass is 9.93. The van der Waals surface area contributed by atoms with E-state index in [1.54, 1.807) is 7.11 Å². The third kappa shape index (κ3) is 6.77. The van der Waals surface area contributed by atoms with Gasteiger partial charge in [-0.25, -0.2) is 0 Å². The summed E-state index contributed by atoms with van der Waals surface area (Å²) in [5.41, 5.74) is 6.31. The molecule has 36 heavy (non-hydrogen) atoms. The molecule has 3 N–H and O–H groups in total. The highest BCUT2D eigenvalue weighted by molar-refractivity contribution is 5.81.